The quantitative estimate of drug-likeness (QED) is 0.833. The van der Waals surface area contributed by atoms with Crippen LogP contribution in [0.2, 0.25) is 0 Å². The van der Waals surface area contributed by atoms with Crippen LogP contribution in [0.1, 0.15) is 26.0 Å². The topological polar surface area (TPSA) is 42.2 Å². The van der Waals surface area contributed by atoms with E-state index in [2.05, 4.69) is 29.2 Å². The molecule has 0 bridgehead atoms. The summed E-state index contributed by atoms with van der Waals surface area (Å²) >= 11 is 0. The maximum absolute atomic E-state index is 4.25. The molecule has 0 fully saturated rings. The molecule has 0 spiro atoms. The number of nitrogens with one attached hydrogen (secondary N) is 1. The Morgan fingerprint density at radius 1 is 1.38 bits per heavy atom. The highest BCUT2D eigenvalue weighted by Crippen LogP contribution is 2.03. The van der Waals surface area contributed by atoms with Gasteiger partial charge < -0.3 is 5.32 Å². The summed E-state index contributed by atoms with van der Waals surface area (Å²) in [6, 6.07) is 3.92. The van der Waals surface area contributed by atoms with Gasteiger partial charge >= 0.3 is 0 Å². The average molecular weight is 218 g/mol. The summed E-state index contributed by atoms with van der Waals surface area (Å²) in [7, 11) is 0. The summed E-state index contributed by atoms with van der Waals surface area (Å²) in [5.41, 5.74) is 2.06. The van der Waals surface area contributed by atoms with Crippen molar-refractivity contribution in [3.8, 4) is 0 Å². The predicted molar refractivity (Wildman–Crippen MR) is 64.1 cm³/mol. The van der Waals surface area contributed by atoms with E-state index >= 15 is 0 Å². The molecule has 1 atom stereocenters. The van der Waals surface area contributed by atoms with Gasteiger partial charge in [-0.05, 0) is 18.5 Å². The highest BCUT2D eigenvalue weighted by Gasteiger charge is 2.02. The molecule has 0 saturated heterocycles. The molecule has 4 heteroatoms. The molecule has 2 aromatic rings. The van der Waals surface area contributed by atoms with Gasteiger partial charge in [0.15, 0.2) is 5.65 Å². The van der Waals surface area contributed by atoms with E-state index < -0.39 is 0 Å². The van der Waals surface area contributed by atoms with Gasteiger partial charge in [0.1, 0.15) is 0 Å². The molecule has 0 aliphatic heterocycles. The van der Waals surface area contributed by atoms with E-state index in [-0.39, 0.29) is 0 Å². The summed E-state index contributed by atoms with van der Waals surface area (Å²) < 4.78 is 1.88. The lowest BCUT2D eigenvalue weighted by Gasteiger charge is -2.10. The van der Waals surface area contributed by atoms with Crippen molar-refractivity contribution < 1.29 is 0 Å². The SMILES string of the molecule is CCC(C)CNCc1ccnc2ccnn12. The molecular formula is C12H18N4. The Labute approximate surface area is 95.7 Å². The minimum Gasteiger partial charge on any atom is -0.311 e. The lowest BCUT2D eigenvalue weighted by molar-refractivity contribution is 0.494. The van der Waals surface area contributed by atoms with Gasteiger partial charge in [-0.25, -0.2) is 9.50 Å². The molecule has 16 heavy (non-hydrogen) atoms. The largest absolute Gasteiger partial charge is 0.311 e. The second kappa shape index (κ2) is 5.07. The minimum atomic E-state index is 0.718. The third-order valence-corrected chi connectivity index (χ3v) is 2.86. The van der Waals surface area contributed by atoms with Crippen molar-refractivity contribution in [1.29, 1.82) is 0 Å². The summed E-state index contributed by atoms with van der Waals surface area (Å²) in [6.45, 7) is 6.35. The third-order valence-electron chi connectivity index (χ3n) is 2.86. The van der Waals surface area contributed by atoms with Crippen molar-refractivity contribution >= 4 is 5.65 Å². The maximum Gasteiger partial charge on any atom is 0.155 e. The molecule has 2 rings (SSSR count). The lowest BCUT2D eigenvalue weighted by atomic mass is 10.1. The van der Waals surface area contributed by atoms with Crippen LogP contribution in [0, 0.1) is 5.92 Å². The van der Waals surface area contributed by atoms with Gasteiger partial charge in [0.2, 0.25) is 0 Å². The second-order valence-electron chi connectivity index (χ2n) is 4.18. The number of fused-ring (bicyclic) bond motifs is 1. The summed E-state index contributed by atoms with van der Waals surface area (Å²) in [6.07, 6.45) is 4.82. The van der Waals surface area contributed by atoms with Gasteiger partial charge in [0, 0.05) is 18.8 Å². The molecule has 0 aliphatic rings. The van der Waals surface area contributed by atoms with Crippen LogP contribution in [0.3, 0.4) is 0 Å². The minimum absolute atomic E-state index is 0.718. The van der Waals surface area contributed by atoms with Gasteiger partial charge in [-0.2, -0.15) is 5.10 Å². The number of hydrogen-bond donors (Lipinski definition) is 1. The fourth-order valence-corrected chi connectivity index (χ4v) is 1.61. The van der Waals surface area contributed by atoms with E-state index in [4.69, 9.17) is 0 Å². The van der Waals surface area contributed by atoms with E-state index in [1.807, 2.05) is 22.8 Å². The Hall–Kier alpha value is -1.42. The average Bonchev–Trinajstić information content (AvgIpc) is 2.77. The zero-order chi connectivity index (χ0) is 11.4. The number of rotatable bonds is 5. The maximum atomic E-state index is 4.25. The first-order chi connectivity index (χ1) is 7.81. The van der Waals surface area contributed by atoms with Gasteiger partial charge in [-0.1, -0.05) is 20.3 Å². The van der Waals surface area contributed by atoms with Crippen molar-refractivity contribution in [2.75, 3.05) is 6.54 Å². The van der Waals surface area contributed by atoms with E-state index in [1.54, 1.807) is 6.20 Å². The zero-order valence-corrected chi connectivity index (χ0v) is 9.85. The first-order valence-electron chi connectivity index (χ1n) is 5.79. The molecule has 2 aromatic heterocycles. The van der Waals surface area contributed by atoms with Crippen LogP contribution in [-0.4, -0.2) is 21.1 Å². The third kappa shape index (κ3) is 2.39. The van der Waals surface area contributed by atoms with E-state index in [0.29, 0.717) is 0 Å². The van der Waals surface area contributed by atoms with E-state index in [9.17, 15) is 0 Å². The van der Waals surface area contributed by atoms with E-state index in [0.717, 1.165) is 30.3 Å². The summed E-state index contributed by atoms with van der Waals surface area (Å²) in [5.74, 6) is 0.718. The Balaban J connectivity index is 2.01. The summed E-state index contributed by atoms with van der Waals surface area (Å²) in [4.78, 5) is 4.23. The fourth-order valence-electron chi connectivity index (χ4n) is 1.61. The van der Waals surface area contributed by atoms with E-state index in [1.165, 1.54) is 6.42 Å². The van der Waals surface area contributed by atoms with Crippen molar-refractivity contribution in [3.63, 3.8) is 0 Å². The molecule has 1 N–H and O–H groups in total. The van der Waals surface area contributed by atoms with Gasteiger partial charge in [0.05, 0.1) is 11.9 Å². The number of nitrogens with zero attached hydrogens (tertiary/aromatic N) is 3. The molecular weight excluding hydrogens is 200 g/mol. The molecule has 86 valence electrons. The van der Waals surface area contributed by atoms with Crippen LogP contribution >= 0.6 is 0 Å². The molecule has 0 saturated carbocycles. The summed E-state index contributed by atoms with van der Waals surface area (Å²) in [5, 5.41) is 7.70. The van der Waals surface area contributed by atoms with Crippen LogP contribution in [-0.2, 0) is 6.54 Å². The van der Waals surface area contributed by atoms with Crippen molar-refractivity contribution in [1.82, 2.24) is 19.9 Å². The monoisotopic (exact) mass is 218 g/mol. The first kappa shape index (κ1) is 11.1. The smallest absolute Gasteiger partial charge is 0.155 e. The van der Waals surface area contributed by atoms with Gasteiger partial charge in [0.25, 0.3) is 0 Å². The fraction of sp³-hybridized carbons (Fsp3) is 0.500. The number of hydrogen-bond acceptors (Lipinski definition) is 3. The van der Waals surface area contributed by atoms with Gasteiger partial charge in [-0.15, -0.1) is 0 Å². The standard InChI is InChI=1S/C12H18N4/c1-3-10(2)8-13-9-11-4-6-14-12-5-7-15-16(11)12/h4-7,10,13H,3,8-9H2,1-2H3. The second-order valence-corrected chi connectivity index (χ2v) is 4.18. The van der Waals surface area contributed by atoms with Crippen LogP contribution in [0.15, 0.2) is 24.5 Å². The first-order valence-corrected chi connectivity index (χ1v) is 5.79. The normalized spacial score (nSPS) is 13.1. The molecule has 0 aliphatic carbocycles. The van der Waals surface area contributed by atoms with Crippen molar-refractivity contribution in [2.45, 2.75) is 26.8 Å². The molecule has 2 heterocycles. The van der Waals surface area contributed by atoms with Crippen molar-refractivity contribution in [3.05, 3.63) is 30.2 Å². The lowest BCUT2D eigenvalue weighted by Crippen LogP contribution is -2.21. The Morgan fingerprint density at radius 2 is 2.25 bits per heavy atom. The highest BCUT2D eigenvalue weighted by molar-refractivity contribution is 5.36. The Morgan fingerprint density at radius 3 is 3.06 bits per heavy atom. The van der Waals surface area contributed by atoms with Crippen molar-refractivity contribution in [2.24, 2.45) is 5.92 Å². The van der Waals surface area contributed by atoms with Crippen LogP contribution < -0.4 is 5.32 Å². The predicted octanol–water partition coefficient (Wildman–Crippen LogP) is 1.86. The molecule has 0 aromatic carbocycles. The van der Waals surface area contributed by atoms with Crippen LogP contribution in [0.4, 0.5) is 0 Å². The van der Waals surface area contributed by atoms with Crippen LogP contribution in [0.5, 0.6) is 0 Å². The molecule has 0 radical (unpaired) electrons. The van der Waals surface area contributed by atoms with Gasteiger partial charge in [-0.3, -0.25) is 0 Å². The number of aromatic nitrogens is 3. The Kier molecular flexibility index (Phi) is 3.51. The van der Waals surface area contributed by atoms with Crippen LogP contribution in [0.25, 0.3) is 5.65 Å². The molecule has 4 nitrogen and oxygen atoms in total. The Bertz CT molecular complexity index is 449. The zero-order valence-electron chi connectivity index (χ0n) is 9.85. The molecule has 1 unspecified atom stereocenters. The molecule has 0 amide bonds. The highest BCUT2D eigenvalue weighted by atomic mass is 15.3.